The quantitative estimate of drug-likeness (QED) is 0.260. The van der Waals surface area contributed by atoms with Gasteiger partial charge in [-0.1, -0.05) is 41.9 Å². The van der Waals surface area contributed by atoms with Gasteiger partial charge in [-0.2, -0.15) is 0 Å². The number of sulfone groups is 1. The van der Waals surface area contributed by atoms with Gasteiger partial charge in [0.15, 0.2) is 0 Å². The average molecular weight is 567 g/mol. The molecule has 0 spiro atoms. The number of carbonyl (C=O) groups is 2. The Morgan fingerprint density at radius 1 is 0.973 bits per heavy atom. The van der Waals surface area contributed by atoms with Crippen molar-refractivity contribution in [3.8, 4) is 0 Å². The highest BCUT2D eigenvalue weighted by Crippen LogP contribution is 2.22. The molecule has 0 heterocycles. The Labute approximate surface area is 227 Å². The second-order valence-corrected chi connectivity index (χ2v) is 10.6. The fourth-order valence-electron chi connectivity index (χ4n) is 3.42. The van der Waals surface area contributed by atoms with Crippen LogP contribution in [0.4, 0.5) is 0 Å². The van der Waals surface area contributed by atoms with Crippen LogP contribution in [-0.4, -0.2) is 49.6 Å². The second-order valence-electron chi connectivity index (χ2n) is 8.23. The summed E-state index contributed by atoms with van der Waals surface area (Å²) in [6, 6.07) is 17.8. The van der Waals surface area contributed by atoms with Crippen LogP contribution in [0.2, 0.25) is 5.02 Å². The minimum atomic E-state index is -3.88. The van der Waals surface area contributed by atoms with Gasteiger partial charge in [-0.3, -0.25) is 9.59 Å². The Morgan fingerprint density at radius 2 is 1.65 bits per heavy atom. The summed E-state index contributed by atoms with van der Waals surface area (Å²) in [5, 5.41) is 25.2. The Balaban J connectivity index is 0.00000481. The number of rotatable bonds is 11. The molecular weight excluding hydrogens is 539 g/mol. The van der Waals surface area contributed by atoms with Crippen LogP contribution >= 0.6 is 24.0 Å². The number of amides is 1. The minimum absolute atomic E-state index is 0. The summed E-state index contributed by atoms with van der Waals surface area (Å²) in [5.74, 6) is -1.87. The Kier molecular flexibility index (Phi) is 11.1. The van der Waals surface area contributed by atoms with Crippen molar-refractivity contribution in [3.63, 3.8) is 0 Å². The van der Waals surface area contributed by atoms with Crippen molar-refractivity contribution in [2.24, 2.45) is 0 Å². The second kappa shape index (κ2) is 13.6. The van der Waals surface area contributed by atoms with E-state index in [0.717, 1.165) is 11.1 Å². The van der Waals surface area contributed by atoms with Crippen LogP contribution < -0.4 is 10.6 Å². The summed E-state index contributed by atoms with van der Waals surface area (Å²) in [4.78, 5) is 23.3. The molecule has 0 aliphatic heterocycles. The van der Waals surface area contributed by atoms with Crippen LogP contribution in [0.3, 0.4) is 0 Å². The highest BCUT2D eigenvalue weighted by atomic mass is 35.5. The lowest BCUT2D eigenvalue weighted by Gasteiger charge is -2.13. The van der Waals surface area contributed by atoms with E-state index in [4.69, 9.17) is 16.7 Å². The molecule has 0 saturated carbocycles. The molecule has 0 saturated heterocycles. The Hall–Kier alpha value is -2.95. The minimum Gasteiger partial charge on any atom is -0.480 e. The van der Waals surface area contributed by atoms with Crippen LogP contribution in [-0.2, 0) is 21.1 Å². The molecule has 3 aromatic rings. The monoisotopic (exact) mass is 566 g/mol. The molecule has 0 fully saturated rings. The zero-order chi connectivity index (χ0) is 26.3. The van der Waals surface area contributed by atoms with Gasteiger partial charge in [-0.05, 0) is 73.5 Å². The summed E-state index contributed by atoms with van der Waals surface area (Å²) in [5.41, 5.74) is 1.68. The van der Waals surface area contributed by atoms with E-state index in [0.29, 0.717) is 24.5 Å². The van der Waals surface area contributed by atoms with Crippen molar-refractivity contribution in [1.29, 1.82) is 0 Å². The van der Waals surface area contributed by atoms with Gasteiger partial charge in [-0.15, -0.1) is 12.4 Å². The van der Waals surface area contributed by atoms with Crippen LogP contribution in [0.15, 0.2) is 82.6 Å². The molecule has 0 aliphatic rings. The highest BCUT2D eigenvalue weighted by molar-refractivity contribution is 7.91. The Bertz CT molecular complexity index is 1330. The number of hydrogen-bond acceptors (Lipinski definition) is 6. The number of benzene rings is 3. The Morgan fingerprint density at radius 3 is 2.30 bits per heavy atom. The first-order chi connectivity index (χ1) is 17.1. The molecule has 3 rings (SSSR count). The molecule has 0 bridgehead atoms. The predicted octanol–water partition coefficient (Wildman–Crippen LogP) is 3.66. The molecular formula is C26H28Cl2N2O6S. The largest absolute Gasteiger partial charge is 0.480 e. The molecule has 0 radical (unpaired) electrons. The third-order valence-corrected chi connectivity index (χ3v) is 7.52. The smallest absolute Gasteiger partial charge is 0.325 e. The molecule has 37 heavy (non-hydrogen) atoms. The van der Waals surface area contributed by atoms with Gasteiger partial charge in [0, 0.05) is 17.1 Å². The van der Waals surface area contributed by atoms with Crippen LogP contribution in [0.25, 0.3) is 0 Å². The van der Waals surface area contributed by atoms with Gasteiger partial charge in [0.1, 0.15) is 6.04 Å². The van der Waals surface area contributed by atoms with Crippen LogP contribution in [0, 0.1) is 0 Å². The van der Waals surface area contributed by atoms with Crippen LogP contribution in [0.1, 0.15) is 34.5 Å². The molecule has 11 heteroatoms. The average Bonchev–Trinajstić information content (AvgIpc) is 2.86. The van der Waals surface area contributed by atoms with E-state index in [1.807, 2.05) is 0 Å². The first-order valence-electron chi connectivity index (χ1n) is 11.2. The first-order valence-corrected chi connectivity index (χ1v) is 13.1. The summed E-state index contributed by atoms with van der Waals surface area (Å²) in [6.07, 6.45) is -0.0681. The maximum Gasteiger partial charge on any atom is 0.325 e. The number of carbonyl (C=O) groups excluding carboxylic acids is 1. The van der Waals surface area contributed by atoms with E-state index in [1.165, 1.54) is 43.3 Å². The van der Waals surface area contributed by atoms with Gasteiger partial charge < -0.3 is 20.8 Å². The van der Waals surface area contributed by atoms with Crippen molar-refractivity contribution in [2.45, 2.75) is 35.3 Å². The number of carboxylic acid groups (broad SMARTS) is 1. The van der Waals surface area contributed by atoms with E-state index in [1.54, 1.807) is 36.4 Å². The van der Waals surface area contributed by atoms with E-state index in [-0.39, 0.29) is 27.8 Å². The predicted molar refractivity (Wildman–Crippen MR) is 143 cm³/mol. The van der Waals surface area contributed by atoms with E-state index >= 15 is 0 Å². The summed E-state index contributed by atoms with van der Waals surface area (Å²) in [6.45, 7) is 2.25. The van der Waals surface area contributed by atoms with E-state index < -0.39 is 33.9 Å². The first kappa shape index (κ1) is 30.3. The maximum atomic E-state index is 13.1. The SMILES string of the molecule is C[C@@H](NC(=O)c1cccc(S(=O)(=O)c2ccc(CCNC[C@H](O)c3cccc(Cl)c3)cc2)c1)C(=O)O.Cl. The molecule has 8 nitrogen and oxygen atoms in total. The normalized spacial score (nSPS) is 12.7. The van der Waals surface area contributed by atoms with Crippen molar-refractivity contribution < 1.29 is 28.2 Å². The number of nitrogens with one attached hydrogen (secondary N) is 2. The number of aliphatic carboxylic acids is 1. The van der Waals surface area contributed by atoms with Crippen LogP contribution in [0.5, 0.6) is 0 Å². The lowest BCUT2D eigenvalue weighted by molar-refractivity contribution is -0.138. The lowest BCUT2D eigenvalue weighted by Crippen LogP contribution is -2.38. The van der Waals surface area contributed by atoms with Gasteiger partial charge >= 0.3 is 5.97 Å². The summed E-state index contributed by atoms with van der Waals surface area (Å²) >= 11 is 5.95. The number of aliphatic hydroxyl groups excluding tert-OH is 1. The molecule has 1 amide bonds. The molecule has 0 unspecified atom stereocenters. The third kappa shape index (κ3) is 8.28. The fraction of sp³-hybridized carbons (Fsp3) is 0.231. The standard InChI is InChI=1S/C26H27ClN2O6S.ClH/c1-17(26(32)33)29-25(31)20-5-3-7-23(15-20)36(34,35)22-10-8-18(9-11-22)12-13-28-16-24(30)19-4-2-6-21(27)14-19;/h2-11,14-15,17,24,28,30H,12-13,16H2,1H3,(H,29,31)(H,32,33);1H/t17-,24+;/m1./s1. The highest BCUT2D eigenvalue weighted by Gasteiger charge is 2.21. The molecule has 2 atom stereocenters. The van der Waals surface area contributed by atoms with Crippen molar-refractivity contribution >= 4 is 45.7 Å². The van der Waals surface area contributed by atoms with Crippen molar-refractivity contribution in [2.75, 3.05) is 13.1 Å². The maximum absolute atomic E-state index is 13.1. The number of hydrogen-bond donors (Lipinski definition) is 4. The van der Waals surface area contributed by atoms with Crippen molar-refractivity contribution in [3.05, 3.63) is 94.5 Å². The molecule has 0 aromatic heterocycles. The number of aliphatic hydroxyl groups is 1. The lowest BCUT2D eigenvalue weighted by atomic mass is 10.1. The van der Waals surface area contributed by atoms with E-state index in [9.17, 15) is 23.1 Å². The van der Waals surface area contributed by atoms with Gasteiger partial charge in [-0.25, -0.2) is 8.42 Å². The van der Waals surface area contributed by atoms with Gasteiger partial charge in [0.05, 0.1) is 15.9 Å². The number of halogens is 2. The van der Waals surface area contributed by atoms with Gasteiger partial charge in [0.25, 0.3) is 5.91 Å². The number of carboxylic acids is 1. The zero-order valence-electron chi connectivity index (χ0n) is 19.9. The molecule has 198 valence electrons. The summed E-state index contributed by atoms with van der Waals surface area (Å²) in [7, 11) is -3.88. The zero-order valence-corrected chi connectivity index (χ0v) is 22.3. The summed E-state index contributed by atoms with van der Waals surface area (Å²) < 4.78 is 26.1. The molecule has 4 N–H and O–H groups in total. The van der Waals surface area contributed by atoms with Crippen molar-refractivity contribution in [1.82, 2.24) is 10.6 Å². The van der Waals surface area contributed by atoms with E-state index in [2.05, 4.69) is 10.6 Å². The third-order valence-electron chi connectivity index (χ3n) is 5.52. The molecule has 3 aromatic carbocycles. The molecule has 0 aliphatic carbocycles. The topological polar surface area (TPSA) is 133 Å². The van der Waals surface area contributed by atoms with Gasteiger partial charge in [0.2, 0.25) is 9.84 Å². The fourth-order valence-corrected chi connectivity index (χ4v) is 4.93.